The van der Waals surface area contributed by atoms with Crippen LogP contribution >= 0.6 is 11.6 Å². The predicted molar refractivity (Wildman–Crippen MR) is 125 cm³/mol. The highest BCUT2D eigenvalue weighted by atomic mass is 35.5. The van der Waals surface area contributed by atoms with Crippen LogP contribution in [0.1, 0.15) is 17.8 Å². The van der Waals surface area contributed by atoms with Gasteiger partial charge in [-0.15, -0.1) is 0 Å². The molecule has 2 aromatic carbocycles. The van der Waals surface area contributed by atoms with Crippen molar-refractivity contribution in [2.45, 2.75) is 19.4 Å². The number of rotatable bonds is 7. The smallest absolute Gasteiger partial charge is 0.281 e. The highest BCUT2D eigenvalue weighted by Gasteiger charge is 2.22. The average Bonchev–Trinajstić information content (AvgIpc) is 2.79. The van der Waals surface area contributed by atoms with Crippen LogP contribution in [-0.2, 0) is 13.0 Å². The minimum Gasteiger partial charge on any atom is -0.497 e. The average molecular weight is 442 g/mol. The first kappa shape index (κ1) is 21.6. The second-order valence-electron chi connectivity index (χ2n) is 7.75. The van der Waals surface area contributed by atoms with Crippen molar-refractivity contribution < 1.29 is 4.74 Å². The first-order chi connectivity index (χ1) is 15.1. The SMILES string of the molecule is COc1ccc(CN2CCN(n3c(CCCN)nc4cccc(Cl)c4c3=O)CC2)cc1. The number of aryl methyl sites for hydroxylation is 1. The Morgan fingerprint density at radius 2 is 1.84 bits per heavy atom. The van der Waals surface area contributed by atoms with Crippen molar-refractivity contribution in [2.24, 2.45) is 5.73 Å². The molecular formula is C23H28ClN5O2. The molecule has 7 nitrogen and oxygen atoms in total. The van der Waals surface area contributed by atoms with Crippen LogP contribution < -0.4 is 21.0 Å². The van der Waals surface area contributed by atoms with E-state index in [1.807, 2.05) is 24.3 Å². The molecule has 31 heavy (non-hydrogen) atoms. The van der Waals surface area contributed by atoms with Gasteiger partial charge in [-0.1, -0.05) is 29.8 Å². The lowest BCUT2D eigenvalue weighted by Gasteiger charge is -2.37. The maximum Gasteiger partial charge on any atom is 0.281 e. The van der Waals surface area contributed by atoms with Crippen molar-refractivity contribution in [3.8, 4) is 5.75 Å². The number of piperazine rings is 1. The fourth-order valence-electron chi connectivity index (χ4n) is 4.03. The van der Waals surface area contributed by atoms with Crippen LogP contribution in [0.25, 0.3) is 10.9 Å². The van der Waals surface area contributed by atoms with E-state index in [2.05, 4.69) is 22.0 Å². The molecule has 2 N–H and O–H groups in total. The molecule has 0 bridgehead atoms. The third-order valence-electron chi connectivity index (χ3n) is 5.69. The van der Waals surface area contributed by atoms with Crippen LogP contribution in [0.15, 0.2) is 47.3 Å². The summed E-state index contributed by atoms with van der Waals surface area (Å²) in [5.41, 5.74) is 7.50. The summed E-state index contributed by atoms with van der Waals surface area (Å²) in [6.45, 7) is 4.62. The summed E-state index contributed by atoms with van der Waals surface area (Å²) < 4.78 is 6.97. The quantitative estimate of drug-likeness (QED) is 0.606. The standard InChI is InChI=1S/C23H28ClN5O2/c1-31-18-9-7-17(8-10-18)16-27-12-14-28(15-13-27)29-21(6-3-11-25)26-20-5-2-4-19(24)22(20)23(29)30/h2,4-5,7-10H,3,6,11-16,25H2,1H3. The van der Waals surface area contributed by atoms with Gasteiger partial charge >= 0.3 is 0 Å². The van der Waals surface area contributed by atoms with Gasteiger partial charge in [0.05, 0.1) is 23.0 Å². The molecule has 1 aliphatic rings. The largest absolute Gasteiger partial charge is 0.497 e. The molecule has 0 spiro atoms. The summed E-state index contributed by atoms with van der Waals surface area (Å²) in [5, 5.41) is 3.00. The lowest BCUT2D eigenvalue weighted by molar-refractivity contribution is 0.229. The van der Waals surface area contributed by atoms with Crippen molar-refractivity contribution in [3.05, 3.63) is 69.2 Å². The second kappa shape index (κ2) is 9.68. The van der Waals surface area contributed by atoms with Crippen LogP contribution in [0, 0.1) is 0 Å². The summed E-state index contributed by atoms with van der Waals surface area (Å²) in [6.07, 6.45) is 1.43. The molecule has 0 saturated carbocycles. The molecule has 0 atom stereocenters. The number of ether oxygens (including phenoxy) is 1. The van der Waals surface area contributed by atoms with Crippen molar-refractivity contribution in [3.63, 3.8) is 0 Å². The van der Waals surface area contributed by atoms with Gasteiger partial charge in [-0.05, 0) is 42.8 Å². The second-order valence-corrected chi connectivity index (χ2v) is 8.16. The van der Waals surface area contributed by atoms with E-state index in [1.165, 1.54) is 5.56 Å². The van der Waals surface area contributed by atoms with E-state index < -0.39 is 0 Å². The molecule has 0 unspecified atom stereocenters. The molecule has 1 aliphatic heterocycles. The zero-order valence-electron chi connectivity index (χ0n) is 17.8. The molecule has 1 aromatic heterocycles. The summed E-state index contributed by atoms with van der Waals surface area (Å²) in [4.78, 5) is 20.6. The summed E-state index contributed by atoms with van der Waals surface area (Å²) in [6, 6.07) is 13.6. The number of hydrogen-bond donors (Lipinski definition) is 1. The lowest BCUT2D eigenvalue weighted by Crippen LogP contribution is -2.54. The van der Waals surface area contributed by atoms with E-state index in [1.54, 1.807) is 17.9 Å². The van der Waals surface area contributed by atoms with Crippen LogP contribution in [0.4, 0.5) is 0 Å². The number of nitrogens with zero attached hydrogens (tertiary/aromatic N) is 4. The monoisotopic (exact) mass is 441 g/mol. The van der Waals surface area contributed by atoms with Crippen molar-refractivity contribution >= 4 is 22.5 Å². The highest BCUT2D eigenvalue weighted by Crippen LogP contribution is 2.20. The first-order valence-corrected chi connectivity index (χ1v) is 11.0. The summed E-state index contributed by atoms with van der Waals surface area (Å²) in [7, 11) is 1.67. The number of methoxy groups -OCH3 is 1. The van der Waals surface area contributed by atoms with Crippen molar-refractivity contribution in [1.29, 1.82) is 0 Å². The molecule has 2 heterocycles. The van der Waals surface area contributed by atoms with E-state index in [-0.39, 0.29) is 5.56 Å². The molecule has 0 aliphatic carbocycles. The topological polar surface area (TPSA) is 76.6 Å². The number of aromatic nitrogens is 2. The predicted octanol–water partition coefficient (Wildman–Crippen LogP) is 2.40. The first-order valence-electron chi connectivity index (χ1n) is 10.6. The lowest BCUT2D eigenvalue weighted by atomic mass is 10.2. The van der Waals surface area contributed by atoms with Crippen LogP contribution in [0.2, 0.25) is 5.02 Å². The van der Waals surface area contributed by atoms with Gasteiger partial charge in [-0.3, -0.25) is 9.69 Å². The fourth-order valence-corrected chi connectivity index (χ4v) is 4.28. The minimum atomic E-state index is -0.105. The van der Waals surface area contributed by atoms with Gasteiger partial charge in [0.2, 0.25) is 0 Å². The Kier molecular flexibility index (Phi) is 6.75. The van der Waals surface area contributed by atoms with E-state index in [9.17, 15) is 4.79 Å². The van der Waals surface area contributed by atoms with Gasteiger partial charge in [0.1, 0.15) is 11.6 Å². The van der Waals surface area contributed by atoms with Crippen molar-refractivity contribution in [2.75, 3.05) is 44.8 Å². The van der Waals surface area contributed by atoms with Gasteiger partial charge in [-0.25, -0.2) is 9.66 Å². The number of nitrogens with two attached hydrogens (primary N) is 1. The van der Waals surface area contributed by atoms with Crippen LogP contribution in [0.5, 0.6) is 5.75 Å². The Labute approximate surface area is 187 Å². The Bertz CT molecular complexity index is 1090. The fraction of sp³-hybridized carbons (Fsp3) is 0.391. The zero-order valence-corrected chi connectivity index (χ0v) is 18.5. The molecule has 0 radical (unpaired) electrons. The maximum atomic E-state index is 13.4. The van der Waals surface area contributed by atoms with Gasteiger partial charge in [0.15, 0.2) is 0 Å². The highest BCUT2D eigenvalue weighted by molar-refractivity contribution is 6.35. The van der Waals surface area contributed by atoms with Gasteiger partial charge < -0.3 is 15.5 Å². The van der Waals surface area contributed by atoms with Crippen molar-refractivity contribution in [1.82, 2.24) is 14.6 Å². The Morgan fingerprint density at radius 3 is 2.52 bits per heavy atom. The normalized spacial score (nSPS) is 14.9. The van der Waals surface area contributed by atoms with E-state index in [4.69, 9.17) is 27.1 Å². The number of halogens is 1. The Balaban J connectivity index is 1.55. The third-order valence-corrected chi connectivity index (χ3v) is 6.01. The van der Waals surface area contributed by atoms with Crippen LogP contribution in [0.3, 0.4) is 0 Å². The minimum absolute atomic E-state index is 0.105. The number of benzene rings is 2. The molecule has 164 valence electrons. The Morgan fingerprint density at radius 1 is 1.10 bits per heavy atom. The molecule has 1 saturated heterocycles. The molecule has 3 aromatic rings. The third kappa shape index (κ3) is 4.69. The molecule has 1 fully saturated rings. The maximum absolute atomic E-state index is 13.4. The van der Waals surface area contributed by atoms with Gasteiger partial charge in [-0.2, -0.15) is 0 Å². The molecule has 8 heteroatoms. The number of fused-ring (bicyclic) bond motifs is 1. The van der Waals surface area contributed by atoms with Gasteiger partial charge in [0.25, 0.3) is 5.56 Å². The number of hydrogen-bond acceptors (Lipinski definition) is 6. The summed E-state index contributed by atoms with van der Waals surface area (Å²) >= 11 is 6.36. The van der Waals surface area contributed by atoms with E-state index in [0.717, 1.165) is 50.7 Å². The molecule has 0 amide bonds. The molecular weight excluding hydrogens is 414 g/mol. The van der Waals surface area contributed by atoms with Crippen LogP contribution in [-0.4, -0.2) is 54.4 Å². The van der Waals surface area contributed by atoms with E-state index in [0.29, 0.717) is 28.9 Å². The zero-order chi connectivity index (χ0) is 21.8. The molecule has 4 rings (SSSR count). The van der Waals surface area contributed by atoms with E-state index >= 15 is 0 Å². The Hall–Kier alpha value is -2.61. The van der Waals surface area contributed by atoms with Gasteiger partial charge in [0, 0.05) is 39.1 Å². The summed E-state index contributed by atoms with van der Waals surface area (Å²) in [5.74, 6) is 1.61.